The second-order valence-corrected chi connectivity index (χ2v) is 10.7. The molecule has 1 aliphatic rings. The van der Waals surface area contributed by atoms with Crippen molar-refractivity contribution < 1.29 is 9.59 Å². The van der Waals surface area contributed by atoms with E-state index in [-0.39, 0.29) is 17.1 Å². The molecule has 0 atom stereocenters. The van der Waals surface area contributed by atoms with Crippen LogP contribution in [0.2, 0.25) is 0 Å². The fraction of sp³-hybridized carbons (Fsp3) is 0.280. The highest BCUT2D eigenvalue weighted by atomic mass is 32.2. The number of fused-ring (bicyclic) bond motifs is 1. The normalized spacial score (nSPS) is 14.9. The number of carbonyl (C=O) groups excluding carboxylic acids is 2. The third kappa shape index (κ3) is 4.68. The number of hydrogen-bond donors (Lipinski definition) is 1. The van der Waals surface area contributed by atoms with Crippen LogP contribution in [0.3, 0.4) is 0 Å². The van der Waals surface area contributed by atoms with Gasteiger partial charge in [-0.1, -0.05) is 74.5 Å². The third-order valence-electron chi connectivity index (χ3n) is 5.26. The van der Waals surface area contributed by atoms with Crippen LogP contribution in [0.1, 0.15) is 57.0 Å². The molecule has 154 valence electrons. The van der Waals surface area contributed by atoms with Crippen LogP contribution in [0.4, 0.5) is 0 Å². The molecule has 30 heavy (non-hydrogen) atoms. The summed E-state index contributed by atoms with van der Waals surface area (Å²) in [5.41, 5.74) is 3.86. The number of nitrogens with one attached hydrogen (secondary N) is 1. The Morgan fingerprint density at radius 1 is 1.00 bits per heavy atom. The Morgan fingerprint density at radius 3 is 2.30 bits per heavy atom. The van der Waals surface area contributed by atoms with Gasteiger partial charge in [0.1, 0.15) is 0 Å². The molecule has 1 aliphatic carbocycles. The minimum absolute atomic E-state index is 0.0860. The average Bonchev–Trinajstić information content (AvgIpc) is 3.09. The smallest absolute Gasteiger partial charge is 0.261 e. The number of carbonyl (C=O) groups is 2. The zero-order chi connectivity index (χ0) is 21.1. The molecule has 0 spiro atoms. The Morgan fingerprint density at radius 2 is 1.63 bits per heavy atom. The molecule has 2 aromatic carbocycles. The van der Waals surface area contributed by atoms with Crippen LogP contribution >= 0.6 is 23.1 Å². The van der Waals surface area contributed by atoms with Gasteiger partial charge in [0.2, 0.25) is 0 Å². The van der Waals surface area contributed by atoms with Gasteiger partial charge in [-0.3, -0.25) is 9.59 Å². The molecule has 3 nitrogen and oxygen atoms in total. The lowest BCUT2D eigenvalue weighted by molar-refractivity contribution is 0.0909. The Labute approximate surface area is 185 Å². The topological polar surface area (TPSA) is 46.2 Å². The van der Waals surface area contributed by atoms with Crippen molar-refractivity contribution in [2.45, 2.75) is 43.2 Å². The standard InChI is InChI=1S/C25H25NO2S2/c1-25(2)13-19-21(20(27)14-25)24(29-16-18-11-7-4-8-12-18)30-22(19)23(28)26-15-17-9-5-3-6-10-17/h3-12H,13-16H2,1-2H3,(H,26,28). The largest absolute Gasteiger partial charge is 0.347 e. The van der Waals surface area contributed by atoms with Crippen molar-refractivity contribution >= 4 is 34.8 Å². The van der Waals surface area contributed by atoms with Gasteiger partial charge in [-0.2, -0.15) is 0 Å². The van der Waals surface area contributed by atoms with Gasteiger partial charge in [-0.05, 0) is 28.5 Å². The zero-order valence-electron chi connectivity index (χ0n) is 17.2. The summed E-state index contributed by atoms with van der Waals surface area (Å²) in [5.74, 6) is 0.863. The number of benzene rings is 2. The lowest BCUT2D eigenvalue weighted by atomic mass is 9.74. The zero-order valence-corrected chi connectivity index (χ0v) is 18.9. The number of thiophene rings is 1. The minimum atomic E-state index is -0.124. The number of hydrogen-bond acceptors (Lipinski definition) is 4. The van der Waals surface area contributed by atoms with Crippen molar-refractivity contribution in [2.75, 3.05) is 0 Å². The summed E-state index contributed by atoms with van der Waals surface area (Å²) in [6, 6.07) is 20.1. The molecule has 0 saturated heterocycles. The SMILES string of the molecule is CC1(C)CC(=O)c2c(SCc3ccccc3)sc(C(=O)NCc3ccccc3)c2C1. The van der Waals surface area contributed by atoms with Crippen LogP contribution in [-0.4, -0.2) is 11.7 Å². The van der Waals surface area contributed by atoms with Crippen LogP contribution in [-0.2, 0) is 18.7 Å². The number of Topliss-reactive ketones (excluding diaryl/α,β-unsaturated/α-hetero) is 1. The van der Waals surface area contributed by atoms with Crippen molar-refractivity contribution in [3.63, 3.8) is 0 Å². The van der Waals surface area contributed by atoms with Crippen molar-refractivity contribution in [1.82, 2.24) is 5.32 Å². The van der Waals surface area contributed by atoms with E-state index >= 15 is 0 Å². The molecule has 0 bridgehead atoms. The maximum atomic E-state index is 13.1. The number of rotatable bonds is 6. The first-order valence-corrected chi connectivity index (χ1v) is 11.9. The molecule has 1 heterocycles. The molecule has 5 heteroatoms. The van der Waals surface area contributed by atoms with Crippen LogP contribution in [0.15, 0.2) is 64.9 Å². The minimum Gasteiger partial charge on any atom is -0.347 e. The van der Waals surface area contributed by atoms with Gasteiger partial charge in [0.15, 0.2) is 5.78 Å². The van der Waals surface area contributed by atoms with E-state index in [0.717, 1.165) is 33.1 Å². The van der Waals surface area contributed by atoms with E-state index in [1.165, 1.54) is 16.9 Å². The third-order valence-corrected chi connectivity index (χ3v) is 7.84. The summed E-state index contributed by atoms with van der Waals surface area (Å²) >= 11 is 3.13. The first-order valence-electron chi connectivity index (χ1n) is 10.1. The molecule has 4 rings (SSSR count). The highest BCUT2D eigenvalue weighted by Gasteiger charge is 2.37. The van der Waals surface area contributed by atoms with Gasteiger partial charge in [0.25, 0.3) is 5.91 Å². The summed E-state index contributed by atoms with van der Waals surface area (Å²) in [4.78, 5) is 26.8. The van der Waals surface area contributed by atoms with Crippen molar-refractivity contribution in [3.05, 3.63) is 87.8 Å². The summed E-state index contributed by atoms with van der Waals surface area (Å²) in [6.07, 6.45) is 1.28. The quantitative estimate of drug-likeness (QED) is 0.474. The van der Waals surface area contributed by atoms with Crippen LogP contribution in [0.5, 0.6) is 0 Å². The summed E-state index contributed by atoms with van der Waals surface area (Å²) in [6.45, 7) is 4.69. The van der Waals surface area contributed by atoms with E-state index in [9.17, 15) is 9.59 Å². The number of ketones is 1. The predicted molar refractivity (Wildman–Crippen MR) is 124 cm³/mol. The van der Waals surface area contributed by atoms with Gasteiger partial charge in [-0.25, -0.2) is 0 Å². The predicted octanol–water partition coefficient (Wildman–Crippen LogP) is 6.13. The Balaban J connectivity index is 1.61. The molecule has 1 amide bonds. The molecular weight excluding hydrogens is 410 g/mol. The van der Waals surface area contributed by atoms with E-state index in [1.807, 2.05) is 48.5 Å². The lowest BCUT2D eigenvalue weighted by Crippen LogP contribution is -2.29. The van der Waals surface area contributed by atoms with Gasteiger partial charge in [-0.15, -0.1) is 23.1 Å². The lowest BCUT2D eigenvalue weighted by Gasteiger charge is -2.29. The Hall–Kier alpha value is -2.37. The summed E-state index contributed by atoms with van der Waals surface area (Å²) < 4.78 is 0.971. The maximum Gasteiger partial charge on any atom is 0.261 e. The second kappa shape index (κ2) is 8.78. The van der Waals surface area contributed by atoms with Crippen LogP contribution in [0.25, 0.3) is 0 Å². The van der Waals surface area contributed by atoms with Gasteiger partial charge < -0.3 is 5.32 Å². The second-order valence-electron chi connectivity index (χ2n) is 8.46. The summed E-state index contributed by atoms with van der Waals surface area (Å²) in [7, 11) is 0. The average molecular weight is 436 g/mol. The van der Waals surface area contributed by atoms with E-state index in [4.69, 9.17) is 0 Å². The number of amides is 1. The van der Waals surface area contributed by atoms with Crippen molar-refractivity contribution in [3.8, 4) is 0 Å². The molecule has 0 saturated carbocycles. The molecule has 3 aromatic rings. The fourth-order valence-corrected chi connectivity index (χ4v) is 6.34. The van der Waals surface area contributed by atoms with Gasteiger partial charge in [0.05, 0.1) is 9.09 Å². The molecule has 1 aromatic heterocycles. The van der Waals surface area contributed by atoms with E-state index in [1.54, 1.807) is 11.8 Å². The summed E-state index contributed by atoms with van der Waals surface area (Å²) in [5, 5.41) is 3.05. The van der Waals surface area contributed by atoms with E-state index < -0.39 is 0 Å². The van der Waals surface area contributed by atoms with E-state index in [2.05, 4.69) is 31.3 Å². The molecular formula is C25H25NO2S2. The highest BCUT2D eigenvalue weighted by Crippen LogP contribution is 2.45. The van der Waals surface area contributed by atoms with Gasteiger partial charge in [0, 0.05) is 24.3 Å². The molecule has 0 unspecified atom stereocenters. The van der Waals surface area contributed by atoms with E-state index in [0.29, 0.717) is 17.8 Å². The Kier molecular flexibility index (Phi) is 6.11. The van der Waals surface area contributed by atoms with Gasteiger partial charge >= 0.3 is 0 Å². The van der Waals surface area contributed by atoms with Crippen LogP contribution in [0, 0.1) is 5.41 Å². The first kappa shape index (κ1) is 20.9. The maximum absolute atomic E-state index is 13.1. The molecule has 0 aliphatic heterocycles. The number of thioether (sulfide) groups is 1. The monoisotopic (exact) mass is 435 g/mol. The highest BCUT2D eigenvalue weighted by molar-refractivity contribution is 8.00. The van der Waals surface area contributed by atoms with Crippen molar-refractivity contribution in [2.24, 2.45) is 5.41 Å². The van der Waals surface area contributed by atoms with Crippen LogP contribution < -0.4 is 5.32 Å². The molecule has 0 radical (unpaired) electrons. The Bertz CT molecular complexity index is 1060. The molecule has 0 fully saturated rings. The van der Waals surface area contributed by atoms with Crippen molar-refractivity contribution in [1.29, 1.82) is 0 Å². The fourth-order valence-electron chi connectivity index (χ4n) is 3.82. The first-order chi connectivity index (χ1) is 14.4. The molecule has 1 N–H and O–H groups in total.